The van der Waals surface area contributed by atoms with E-state index < -0.39 is 41.7 Å². The minimum Gasteiger partial charge on any atom is -0.348 e. The monoisotopic (exact) mass is 441 g/mol. The van der Waals surface area contributed by atoms with Crippen molar-refractivity contribution in [2.45, 2.75) is 18.9 Å². The quantitative estimate of drug-likeness (QED) is 0.463. The number of rotatable bonds is 4. The highest BCUT2D eigenvalue weighted by Gasteiger charge is 2.36. The van der Waals surface area contributed by atoms with Crippen LogP contribution in [0.25, 0.3) is 11.1 Å². The summed E-state index contributed by atoms with van der Waals surface area (Å²) >= 11 is 0. The van der Waals surface area contributed by atoms with Crippen molar-refractivity contribution in [2.75, 3.05) is 0 Å². The molecule has 0 heterocycles. The van der Waals surface area contributed by atoms with E-state index in [0.29, 0.717) is 23.3 Å². The zero-order valence-corrected chi connectivity index (χ0v) is 15.6. The van der Waals surface area contributed by atoms with E-state index in [1.165, 1.54) is 36.4 Å². The Balaban J connectivity index is 1.77. The molecule has 0 spiro atoms. The third-order valence-corrected chi connectivity index (χ3v) is 4.43. The highest BCUT2D eigenvalue weighted by Crippen LogP contribution is 2.36. The summed E-state index contributed by atoms with van der Waals surface area (Å²) in [6.07, 6.45) is -9.94. The SMILES string of the molecule is O=C(NCc1cc(C(F)(F)F)cc(C(F)(F)F)c1)c1ccc(-c2ccccc2F)cc1. The molecule has 0 aromatic heterocycles. The number of halogens is 7. The Morgan fingerprint density at radius 2 is 1.32 bits per heavy atom. The Morgan fingerprint density at radius 3 is 1.84 bits per heavy atom. The molecule has 1 amide bonds. The molecule has 2 nitrogen and oxygen atoms in total. The summed E-state index contributed by atoms with van der Waals surface area (Å²) in [7, 11) is 0. The molecule has 0 aliphatic rings. The number of carbonyl (C=O) groups is 1. The fourth-order valence-electron chi connectivity index (χ4n) is 2.90. The molecule has 9 heteroatoms. The lowest BCUT2D eigenvalue weighted by Gasteiger charge is -2.14. The summed E-state index contributed by atoms with van der Waals surface area (Å²) in [5.74, 6) is -1.16. The second-order valence-corrected chi connectivity index (χ2v) is 6.65. The van der Waals surface area contributed by atoms with Gasteiger partial charge in [0.15, 0.2) is 0 Å². The highest BCUT2D eigenvalue weighted by atomic mass is 19.4. The average molecular weight is 441 g/mol. The molecule has 0 bridgehead atoms. The van der Waals surface area contributed by atoms with Crippen LogP contribution in [0.4, 0.5) is 30.7 Å². The number of hydrogen-bond donors (Lipinski definition) is 1. The van der Waals surface area contributed by atoms with Crippen molar-refractivity contribution >= 4 is 5.91 Å². The lowest BCUT2D eigenvalue weighted by molar-refractivity contribution is -0.143. The largest absolute Gasteiger partial charge is 0.416 e. The van der Waals surface area contributed by atoms with Gasteiger partial charge in [0, 0.05) is 17.7 Å². The van der Waals surface area contributed by atoms with Gasteiger partial charge in [-0.05, 0) is 47.5 Å². The standard InChI is InChI=1S/C22H14F7NO/c23-19-4-2-1-3-18(19)14-5-7-15(8-6-14)20(31)30-12-13-9-16(21(24,25)26)11-17(10-13)22(27,28)29/h1-11H,12H2,(H,30,31). The molecule has 162 valence electrons. The molecule has 3 aromatic carbocycles. The lowest BCUT2D eigenvalue weighted by atomic mass is 10.0. The van der Waals surface area contributed by atoms with E-state index in [2.05, 4.69) is 5.32 Å². The molecule has 0 aliphatic carbocycles. The van der Waals surface area contributed by atoms with Crippen LogP contribution >= 0.6 is 0 Å². The molecule has 31 heavy (non-hydrogen) atoms. The zero-order chi connectivity index (χ0) is 22.8. The van der Waals surface area contributed by atoms with Crippen LogP contribution in [-0.4, -0.2) is 5.91 Å². The second-order valence-electron chi connectivity index (χ2n) is 6.65. The van der Waals surface area contributed by atoms with Crippen molar-refractivity contribution in [3.05, 3.63) is 94.8 Å². The van der Waals surface area contributed by atoms with Crippen molar-refractivity contribution < 1.29 is 35.5 Å². The van der Waals surface area contributed by atoms with Gasteiger partial charge in [-0.25, -0.2) is 4.39 Å². The lowest BCUT2D eigenvalue weighted by Crippen LogP contribution is -2.23. The van der Waals surface area contributed by atoms with Gasteiger partial charge in [-0.1, -0.05) is 30.3 Å². The first-order chi connectivity index (χ1) is 14.4. The second kappa shape index (κ2) is 8.41. The number of amides is 1. The van der Waals surface area contributed by atoms with E-state index in [4.69, 9.17) is 0 Å². The van der Waals surface area contributed by atoms with E-state index in [1.807, 2.05) is 0 Å². The van der Waals surface area contributed by atoms with Crippen molar-refractivity contribution in [3.8, 4) is 11.1 Å². The summed E-state index contributed by atoms with van der Waals surface area (Å²) in [5.41, 5.74) is -2.33. The van der Waals surface area contributed by atoms with Crippen LogP contribution in [0.2, 0.25) is 0 Å². The van der Waals surface area contributed by atoms with Crippen LogP contribution in [0.5, 0.6) is 0 Å². The molecule has 0 unspecified atom stereocenters. The molecule has 0 saturated carbocycles. The molecular formula is C22H14F7NO. The van der Waals surface area contributed by atoms with Crippen LogP contribution < -0.4 is 5.32 Å². The Kier molecular flexibility index (Phi) is 6.06. The minimum absolute atomic E-state index is 0.0206. The van der Waals surface area contributed by atoms with Gasteiger partial charge in [-0.15, -0.1) is 0 Å². The number of carbonyl (C=O) groups excluding carboxylic acids is 1. The first-order valence-corrected chi connectivity index (χ1v) is 8.86. The first kappa shape index (κ1) is 22.3. The van der Waals surface area contributed by atoms with Crippen molar-refractivity contribution in [1.82, 2.24) is 5.32 Å². The fraction of sp³-hybridized carbons (Fsp3) is 0.136. The Morgan fingerprint density at radius 1 is 0.774 bits per heavy atom. The van der Waals surface area contributed by atoms with Crippen molar-refractivity contribution in [3.63, 3.8) is 0 Å². The Hall–Kier alpha value is -3.36. The third kappa shape index (κ3) is 5.42. The van der Waals surface area contributed by atoms with E-state index >= 15 is 0 Å². The van der Waals surface area contributed by atoms with Gasteiger partial charge < -0.3 is 5.32 Å². The number of alkyl halides is 6. The van der Waals surface area contributed by atoms with Gasteiger partial charge in [0.2, 0.25) is 0 Å². The zero-order valence-electron chi connectivity index (χ0n) is 15.6. The van der Waals surface area contributed by atoms with E-state index in [0.717, 1.165) is 0 Å². The molecule has 3 aromatic rings. The number of benzene rings is 3. The summed E-state index contributed by atoms with van der Waals surface area (Å²) in [4.78, 5) is 12.3. The predicted octanol–water partition coefficient (Wildman–Crippen LogP) is 6.46. The van der Waals surface area contributed by atoms with Crippen molar-refractivity contribution in [2.24, 2.45) is 0 Å². The Labute approximate surface area is 172 Å². The normalized spacial score (nSPS) is 12.0. The molecule has 1 N–H and O–H groups in total. The van der Waals surface area contributed by atoms with Crippen LogP contribution in [0, 0.1) is 5.82 Å². The summed E-state index contributed by atoms with van der Waals surface area (Å²) < 4.78 is 91.4. The van der Waals surface area contributed by atoms with Gasteiger partial charge in [0.25, 0.3) is 5.91 Å². The van der Waals surface area contributed by atoms with Crippen molar-refractivity contribution in [1.29, 1.82) is 0 Å². The van der Waals surface area contributed by atoms with Gasteiger partial charge in [-0.2, -0.15) is 26.3 Å². The predicted molar refractivity (Wildman–Crippen MR) is 99.5 cm³/mol. The first-order valence-electron chi connectivity index (χ1n) is 8.86. The Bertz CT molecular complexity index is 1050. The molecule has 0 atom stereocenters. The summed E-state index contributed by atoms with van der Waals surface area (Å²) in [6.45, 7) is -0.541. The number of nitrogens with one attached hydrogen (secondary N) is 1. The minimum atomic E-state index is -4.97. The molecular weight excluding hydrogens is 427 g/mol. The average Bonchev–Trinajstić information content (AvgIpc) is 2.71. The summed E-state index contributed by atoms with van der Waals surface area (Å²) in [6, 6.07) is 12.9. The van der Waals surface area contributed by atoms with E-state index in [9.17, 15) is 35.5 Å². The van der Waals surface area contributed by atoms with E-state index in [-0.39, 0.29) is 17.2 Å². The molecule has 3 rings (SSSR count). The molecule has 0 radical (unpaired) electrons. The van der Waals surface area contributed by atoms with Crippen LogP contribution in [0.1, 0.15) is 27.0 Å². The summed E-state index contributed by atoms with van der Waals surface area (Å²) in [5, 5.41) is 2.30. The topological polar surface area (TPSA) is 29.1 Å². The van der Waals surface area contributed by atoms with Gasteiger partial charge in [-0.3, -0.25) is 4.79 Å². The van der Waals surface area contributed by atoms with Gasteiger partial charge in [0.1, 0.15) is 5.82 Å². The van der Waals surface area contributed by atoms with Gasteiger partial charge in [0.05, 0.1) is 11.1 Å². The van der Waals surface area contributed by atoms with Crippen LogP contribution in [-0.2, 0) is 18.9 Å². The maximum atomic E-state index is 13.8. The maximum absolute atomic E-state index is 13.8. The van der Waals surface area contributed by atoms with Crippen LogP contribution in [0.15, 0.2) is 66.7 Å². The fourth-order valence-corrected chi connectivity index (χ4v) is 2.90. The highest BCUT2D eigenvalue weighted by molar-refractivity contribution is 5.94. The third-order valence-electron chi connectivity index (χ3n) is 4.43. The smallest absolute Gasteiger partial charge is 0.348 e. The van der Waals surface area contributed by atoms with Crippen LogP contribution in [0.3, 0.4) is 0 Å². The molecule has 0 aliphatic heterocycles. The number of hydrogen-bond acceptors (Lipinski definition) is 1. The van der Waals surface area contributed by atoms with E-state index in [1.54, 1.807) is 12.1 Å². The van der Waals surface area contributed by atoms with Gasteiger partial charge >= 0.3 is 12.4 Å². The molecule has 0 fully saturated rings. The maximum Gasteiger partial charge on any atom is 0.416 e. The molecule has 0 saturated heterocycles.